The minimum absolute atomic E-state index is 0.0243. The van der Waals surface area contributed by atoms with E-state index in [4.69, 9.17) is 5.73 Å². The first-order valence-electron chi connectivity index (χ1n) is 11.0. The third kappa shape index (κ3) is 5.78. The van der Waals surface area contributed by atoms with Gasteiger partial charge in [0.2, 0.25) is 5.91 Å². The second-order valence-electron chi connectivity index (χ2n) is 9.21. The number of thiophene rings is 1. The van der Waals surface area contributed by atoms with Crippen LogP contribution in [0.5, 0.6) is 0 Å². The van der Waals surface area contributed by atoms with Crippen molar-refractivity contribution in [2.24, 2.45) is 11.1 Å². The Labute approximate surface area is 200 Å². The Hall–Kier alpha value is -2.46. The van der Waals surface area contributed by atoms with E-state index in [-0.39, 0.29) is 37.4 Å². The van der Waals surface area contributed by atoms with Crippen molar-refractivity contribution in [2.45, 2.75) is 50.7 Å². The van der Waals surface area contributed by atoms with Crippen molar-refractivity contribution in [3.63, 3.8) is 0 Å². The Kier molecular flexibility index (Phi) is 7.72. The van der Waals surface area contributed by atoms with Gasteiger partial charge in [-0.05, 0) is 75.0 Å². The molecule has 0 aliphatic heterocycles. The van der Waals surface area contributed by atoms with Crippen LogP contribution in [0.2, 0.25) is 0 Å². The van der Waals surface area contributed by atoms with Crippen molar-refractivity contribution in [3.8, 4) is 0 Å². The van der Waals surface area contributed by atoms with E-state index in [1.165, 1.54) is 23.5 Å². The normalized spacial score (nSPS) is 16.8. The predicted octanol–water partition coefficient (Wildman–Crippen LogP) is 4.40. The van der Waals surface area contributed by atoms with Gasteiger partial charge in [0.25, 0.3) is 5.91 Å². The number of nitrogens with two attached hydrogens (primary N) is 1. The molecule has 10 heteroatoms. The number of halogens is 4. The third-order valence-electron chi connectivity index (χ3n) is 6.60. The summed E-state index contributed by atoms with van der Waals surface area (Å²) in [5.74, 6) is -2.96. The number of amides is 2. The highest BCUT2D eigenvalue weighted by atomic mass is 32.1. The minimum atomic E-state index is -4.37. The number of hydrogen-bond donors (Lipinski definition) is 2. The fraction of sp³-hybridized carbons (Fsp3) is 0.500. The Morgan fingerprint density at radius 1 is 1.24 bits per heavy atom. The van der Waals surface area contributed by atoms with Gasteiger partial charge in [0, 0.05) is 29.8 Å². The number of carbonyl (C=O) groups is 2. The Bertz CT molecular complexity index is 1050. The minimum Gasteiger partial charge on any atom is -0.366 e. The molecule has 1 aliphatic rings. The summed E-state index contributed by atoms with van der Waals surface area (Å²) in [7, 11) is 3.59. The molecule has 0 bridgehead atoms. The summed E-state index contributed by atoms with van der Waals surface area (Å²) in [5, 5.41) is 4.49. The van der Waals surface area contributed by atoms with Gasteiger partial charge >= 0.3 is 6.18 Å². The number of likely N-dealkylation sites (N-methyl/N-ethyl adjacent to an activating group) is 1. The molecular formula is C24H29F4N3O2S. The molecule has 2 amide bonds. The highest BCUT2D eigenvalue weighted by Gasteiger charge is 2.67. The molecule has 2 aromatic rings. The molecule has 0 spiro atoms. The van der Waals surface area contributed by atoms with Crippen LogP contribution in [0.1, 0.15) is 51.5 Å². The number of nitrogens with zero attached hydrogens (tertiary/aromatic N) is 1. The Morgan fingerprint density at radius 3 is 2.38 bits per heavy atom. The summed E-state index contributed by atoms with van der Waals surface area (Å²) in [6.45, 7) is 2.01. The molecule has 1 aliphatic carbocycles. The molecule has 5 nitrogen and oxygen atoms in total. The van der Waals surface area contributed by atoms with Gasteiger partial charge in [0.05, 0.1) is 11.0 Å². The molecule has 3 N–H and O–H groups in total. The van der Waals surface area contributed by atoms with Crippen LogP contribution in [0.4, 0.5) is 17.6 Å². The number of hydrogen-bond acceptors (Lipinski definition) is 4. The van der Waals surface area contributed by atoms with Crippen LogP contribution in [-0.4, -0.2) is 49.6 Å². The zero-order valence-electron chi connectivity index (χ0n) is 19.3. The first-order valence-corrected chi connectivity index (χ1v) is 11.8. The lowest BCUT2D eigenvalue weighted by Crippen LogP contribution is -2.42. The van der Waals surface area contributed by atoms with Crippen molar-refractivity contribution in [1.29, 1.82) is 0 Å². The molecule has 1 fully saturated rings. The van der Waals surface area contributed by atoms with E-state index in [0.29, 0.717) is 17.5 Å². The molecule has 1 saturated carbocycles. The van der Waals surface area contributed by atoms with Crippen LogP contribution in [0.15, 0.2) is 29.6 Å². The second-order valence-corrected chi connectivity index (χ2v) is 10.3. The van der Waals surface area contributed by atoms with Crippen LogP contribution < -0.4 is 11.1 Å². The van der Waals surface area contributed by atoms with Crippen LogP contribution >= 0.6 is 11.3 Å². The average molecular weight is 500 g/mol. The van der Waals surface area contributed by atoms with Gasteiger partial charge in [-0.3, -0.25) is 9.59 Å². The number of alkyl halides is 3. The van der Waals surface area contributed by atoms with Crippen molar-refractivity contribution >= 4 is 23.2 Å². The van der Waals surface area contributed by atoms with Crippen LogP contribution in [0.25, 0.3) is 0 Å². The van der Waals surface area contributed by atoms with E-state index in [1.54, 1.807) is 31.6 Å². The van der Waals surface area contributed by atoms with Gasteiger partial charge in [-0.2, -0.15) is 13.2 Å². The summed E-state index contributed by atoms with van der Waals surface area (Å²) in [4.78, 5) is 26.8. The molecular weight excluding hydrogens is 470 g/mol. The molecule has 2 atom stereocenters. The molecule has 1 aromatic heterocycles. The molecule has 0 saturated heterocycles. The quantitative estimate of drug-likeness (QED) is 0.476. The SMILES string of the molecule is Cc1cc([C@H](CC(=O)NC[C@H](Cc2ccc(C(N)=O)c(F)c2)N(C)C)C2(C(F)(F)F)CC2)cs1. The summed E-state index contributed by atoms with van der Waals surface area (Å²) in [5.41, 5.74) is 4.25. The molecule has 186 valence electrons. The van der Waals surface area contributed by atoms with Crippen molar-refractivity contribution in [2.75, 3.05) is 20.6 Å². The monoisotopic (exact) mass is 499 g/mol. The van der Waals surface area contributed by atoms with Gasteiger partial charge in [-0.25, -0.2) is 4.39 Å². The topological polar surface area (TPSA) is 75.4 Å². The maximum atomic E-state index is 14.1. The van der Waals surface area contributed by atoms with Gasteiger partial charge in [-0.15, -0.1) is 11.3 Å². The first-order chi connectivity index (χ1) is 15.8. The lowest BCUT2D eigenvalue weighted by atomic mass is 9.81. The largest absolute Gasteiger partial charge is 0.395 e. The highest BCUT2D eigenvalue weighted by molar-refractivity contribution is 7.10. The van der Waals surface area contributed by atoms with Crippen LogP contribution in [0, 0.1) is 18.2 Å². The standard InChI is InChI=1S/C24H29F4N3O2S/c1-14-8-16(13-34-14)19(23(6-7-23)24(26,27)28)11-21(32)30-12-17(31(2)3)9-15-4-5-18(22(29)33)20(25)10-15/h4-5,8,10,13,17,19H,6-7,9,11-12H2,1-3H3,(H2,29,33)(H,30,32)/t17-,19-/m0/s1. The lowest BCUT2D eigenvalue weighted by Gasteiger charge is -2.29. The molecule has 1 heterocycles. The average Bonchev–Trinajstić information content (AvgIpc) is 3.44. The zero-order chi connectivity index (χ0) is 25.3. The third-order valence-corrected chi connectivity index (χ3v) is 7.48. The predicted molar refractivity (Wildman–Crippen MR) is 123 cm³/mol. The number of nitrogens with one attached hydrogen (secondary N) is 1. The highest BCUT2D eigenvalue weighted by Crippen LogP contribution is 2.66. The molecule has 34 heavy (non-hydrogen) atoms. The maximum absolute atomic E-state index is 14.1. The van der Waals surface area contributed by atoms with Gasteiger partial charge < -0.3 is 16.0 Å². The van der Waals surface area contributed by atoms with Crippen molar-refractivity contribution in [3.05, 3.63) is 57.0 Å². The fourth-order valence-corrected chi connectivity index (χ4v) is 5.09. The van der Waals surface area contributed by atoms with Crippen LogP contribution in [-0.2, 0) is 11.2 Å². The van der Waals surface area contributed by atoms with Crippen molar-refractivity contribution in [1.82, 2.24) is 10.2 Å². The van der Waals surface area contributed by atoms with E-state index in [2.05, 4.69) is 5.32 Å². The smallest absolute Gasteiger partial charge is 0.366 e. The molecule has 3 rings (SSSR count). The van der Waals surface area contributed by atoms with E-state index in [9.17, 15) is 27.2 Å². The maximum Gasteiger partial charge on any atom is 0.395 e. The van der Waals surface area contributed by atoms with Gasteiger partial charge in [0.1, 0.15) is 5.82 Å². The summed E-state index contributed by atoms with van der Waals surface area (Å²) < 4.78 is 55.7. The van der Waals surface area contributed by atoms with E-state index >= 15 is 0 Å². The fourth-order valence-electron chi connectivity index (χ4n) is 4.33. The number of benzene rings is 1. The van der Waals surface area contributed by atoms with E-state index < -0.39 is 35.1 Å². The second kappa shape index (κ2) is 10.0. The molecule has 1 aromatic carbocycles. The van der Waals surface area contributed by atoms with E-state index in [1.807, 2.05) is 11.8 Å². The molecule has 0 unspecified atom stereocenters. The molecule has 0 radical (unpaired) electrons. The number of aryl methyl sites for hydroxylation is 1. The lowest BCUT2D eigenvalue weighted by molar-refractivity contribution is -0.194. The summed E-state index contributed by atoms with van der Waals surface area (Å²) in [6, 6.07) is 5.64. The van der Waals surface area contributed by atoms with Crippen LogP contribution in [0.3, 0.4) is 0 Å². The van der Waals surface area contributed by atoms with Gasteiger partial charge in [0.15, 0.2) is 0 Å². The van der Waals surface area contributed by atoms with E-state index in [0.717, 1.165) is 4.88 Å². The number of carbonyl (C=O) groups excluding carboxylic acids is 2. The van der Waals surface area contributed by atoms with Gasteiger partial charge in [-0.1, -0.05) is 6.07 Å². The Balaban J connectivity index is 1.68. The Morgan fingerprint density at radius 2 is 1.91 bits per heavy atom. The summed E-state index contributed by atoms with van der Waals surface area (Å²) in [6.07, 6.45) is -4.21. The number of primary amides is 1. The summed E-state index contributed by atoms with van der Waals surface area (Å²) >= 11 is 1.38. The number of rotatable bonds is 10. The zero-order valence-corrected chi connectivity index (χ0v) is 20.2. The van der Waals surface area contributed by atoms with Crippen molar-refractivity contribution < 1.29 is 27.2 Å². The first kappa shape index (κ1) is 26.2.